The first kappa shape index (κ1) is 16.8. The van der Waals surface area contributed by atoms with Crippen LogP contribution in [0.5, 0.6) is 5.75 Å². The van der Waals surface area contributed by atoms with Crippen LogP contribution in [0.4, 0.5) is 0 Å². The van der Waals surface area contributed by atoms with Gasteiger partial charge in [0.05, 0.1) is 11.1 Å². The summed E-state index contributed by atoms with van der Waals surface area (Å²) in [6.45, 7) is 5.47. The molecule has 4 nitrogen and oxygen atoms in total. The fourth-order valence-electron chi connectivity index (χ4n) is 2.25. The molecule has 0 aliphatic carbocycles. The van der Waals surface area contributed by atoms with E-state index in [4.69, 9.17) is 32.7 Å². The number of rotatable bonds is 6. The topological polar surface area (TPSA) is 50.7 Å². The lowest BCUT2D eigenvalue weighted by Crippen LogP contribution is -2.51. The number of aliphatic hydroxyl groups is 1. The van der Waals surface area contributed by atoms with E-state index in [1.54, 1.807) is 18.2 Å². The molecule has 0 spiro atoms. The molecule has 0 aromatic heterocycles. The zero-order chi connectivity index (χ0) is 15.5. The molecule has 3 unspecified atom stereocenters. The zero-order valence-electron chi connectivity index (χ0n) is 12.2. The smallest absolute Gasteiger partial charge is 0.139 e. The standard InChI is InChI=1S/C15H21Cl2NO3/c1-10-15(2,5-6-20-10)18-8-12(19)9-21-14-7-11(16)3-4-13(14)17/h3-4,7,10,12,18-19H,5-6,8-9H2,1-2H3. The molecule has 1 saturated heterocycles. The van der Waals surface area contributed by atoms with Crippen molar-refractivity contribution in [1.82, 2.24) is 5.32 Å². The van der Waals surface area contributed by atoms with Crippen LogP contribution in [0.1, 0.15) is 20.3 Å². The highest BCUT2D eigenvalue weighted by Crippen LogP contribution is 2.28. The highest BCUT2D eigenvalue weighted by Gasteiger charge is 2.36. The quantitative estimate of drug-likeness (QED) is 0.840. The second kappa shape index (κ2) is 7.16. The summed E-state index contributed by atoms with van der Waals surface area (Å²) in [5.74, 6) is 0.479. The molecule has 0 bridgehead atoms. The van der Waals surface area contributed by atoms with E-state index in [1.165, 1.54) is 0 Å². The molecular formula is C15H21Cl2NO3. The molecule has 0 amide bonds. The maximum atomic E-state index is 10.0. The lowest BCUT2D eigenvalue weighted by Gasteiger charge is -2.30. The third-order valence-corrected chi connectivity index (χ3v) is 4.50. The summed E-state index contributed by atoms with van der Waals surface area (Å²) in [7, 11) is 0. The minimum absolute atomic E-state index is 0.102. The van der Waals surface area contributed by atoms with E-state index in [9.17, 15) is 5.11 Å². The molecule has 1 aromatic rings. The van der Waals surface area contributed by atoms with Gasteiger partial charge in [0.2, 0.25) is 0 Å². The van der Waals surface area contributed by atoms with E-state index < -0.39 is 6.10 Å². The van der Waals surface area contributed by atoms with Gasteiger partial charge in [0.15, 0.2) is 0 Å². The Bertz CT molecular complexity index is 486. The van der Waals surface area contributed by atoms with Crippen LogP contribution in [0.25, 0.3) is 0 Å². The molecule has 1 aliphatic heterocycles. The van der Waals surface area contributed by atoms with E-state index in [1.807, 2.05) is 6.92 Å². The van der Waals surface area contributed by atoms with Crippen molar-refractivity contribution < 1.29 is 14.6 Å². The van der Waals surface area contributed by atoms with Gasteiger partial charge < -0.3 is 19.9 Å². The molecule has 2 rings (SSSR count). The number of halogens is 2. The van der Waals surface area contributed by atoms with Crippen LogP contribution in [0.2, 0.25) is 10.0 Å². The zero-order valence-corrected chi connectivity index (χ0v) is 13.7. The molecule has 2 N–H and O–H groups in total. The average molecular weight is 334 g/mol. The first-order valence-corrected chi connectivity index (χ1v) is 7.79. The van der Waals surface area contributed by atoms with Crippen LogP contribution in [-0.4, -0.2) is 42.6 Å². The second-order valence-electron chi connectivity index (χ2n) is 5.60. The Morgan fingerprint density at radius 1 is 1.52 bits per heavy atom. The second-order valence-corrected chi connectivity index (χ2v) is 6.44. The predicted octanol–water partition coefficient (Wildman–Crippen LogP) is 2.89. The molecule has 1 aliphatic rings. The molecule has 1 fully saturated rings. The number of benzene rings is 1. The van der Waals surface area contributed by atoms with Gasteiger partial charge in [0.1, 0.15) is 18.5 Å². The summed E-state index contributed by atoms with van der Waals surface area (Å²) in [6, 6.07) is 5.00. The normalized spacial score (nSPS) is 26.8. The first-order chi connectivity index (χ1) is 9.90. The lowest BCUT2D eigenvalue weighted by molar-refractivity contribution is 0.0687. The van der Waals surface area contributed by atoms with Crippen LogP contribution < -0.4 is 10.1 Å². The molecule has 0 radical (unpaired) electrons. The number of hydrogen-bond donors (Lipinski definition) is 2. The fourth-order valence-corrected chi connectivity index (χ4v) is 2.58. The van der Waals surface area contributed by atoms with Gasteiger partial charge in [-0.25, -0.2) is 0 Å². The Balaban J connectivity index is 1.80. The van der Waals surface area contributed by atoms with E-state index in [0.29, 0.717) is 22.3 Å². The lowest BCUT2D eigenvalue weighted by atomic mass is 9.94. The van der Waals surface area contributed by atoms with Crippen molar-refractivity contribution in [2.24, 2.45) is 0 Å². The van der Waals surface area contributed by atoms with E-state index in [-0.39, 0.29) is 18.2 Å². The van der Waals surface area contributed by atoms with Crippen molar-refractivity contribution >= 4 is 23.2 Å². The van der Waals surface area contributed by atoms with Gasteiger partial charge in [-0.1, -0.05) is 23.2 Å². The maximum Gasteiger partial charge on any atom is 0.139 e. The molecular weight excluding hydrogens is 313 g/mol. The van der Waals surface area contributed by atoms with Gasteiger partial charge in [-0.05, 0) is 32.4 Å². The van der Waals surface area contributed by atoms with Gasteiger partial charge in [-0.3, -0.25) is 0 Å². The van der Waals surface area contributed by atoms with Crippen molar-refractivity contribution in [3.8, 4) is 5.75 Å². The predicted molar refractivity (Wildman–Crippen MR) is 84.4 cm³/mol. The Hall–Kier alpha value is -0.520. The molecule has 6 heteroatoms. The Labute approximate surface area is 135 Å². The minimum Gasteiger partial charge on any atom is -0.489 e. The number of ether oxygens (including phenoxy) is 2. The maximum absolute atomic E-state index is 10.0. The summed E-state index contributed by atoms with van der Waals surface area (Å²) >= 11 is 11.9. The van der Waals surface area contributed by atoms with E-state index >= 15 is 0 Å². The Morgan fingerprint density at radius 3 is 2.95 bits per heavy atom. The van der Waals surface area contributed by atoms with E-state index in [0.717, 1.165) is 13.0 Å². The number of hydrogen-bond acceptors (Lipinski definition) is 4. The third kappa shape index (κ3) is 4.47. The van der Waals surface area contributed by atoms with Crippen molar-refractivity contribution in [1.29, 1.82) is 0 Å². The number of β-amino-alcohol motifs (C(OH)–C–C–N with tert-alkyl or cyclic N) is 1. The summed E-state index contributed by atoms with van der Waals surface area (Å²) in [6.07, 6.45) is 0.430. The van der Waals surface area contributed by atoms with Gasteiger partial charge in [0, 0.05) is 29.8 Å². The number of nitrogens with one attached hydrogen (secondary N) is 1. The minimum atomic E-state index is -0.635. The van der Waals surface area contributed by atoms with Crippen molar-refractivity contribution in [3.05, 3.63) is 28.2 Å². The van der Waals surface area contributed by atoms with E-state index in [2.05, 4.69) is 12.2 Å². The third-order valence-electron chi connectivity index (χ3n) is 3.95. The molecule has 0 saturated carbocycles. The summed E-state index contributed by atoms with van der Waals surface area (Å²) in [4.78, 5) is 0. The van der Waals surface area contributed by atoms with Crippen LogP contribution in [0.3, 0.4) is 0 Å². The van der Waals surface area contributed by atoms with Gasteiger partial charge in [0.25, 0.3) is 0 Å². The van der Waals surface area contributed by atoms with Crippen molar-refractivity contribution in [2.75, 3.05) is 19.8 Å². The van der Waals surface area contributed by atoms with Gasteiger partial charge in [-0.15, -0.1) is 0 Å². The fraction of sp³-hybridized carbons (Fsp3) is 0.600. The van der Waals surface area contributed by atoms with Crippen LogP contribution in [-0.2, 0) is 4.74 Å². The van der Waals surface area contributed by atoms with Gasteiger partial charge >= 0.3 is 0 Å². The SMILES string of the molecule is CC1OCCC1(C)NCC(O)COc1cc(Cl)ccc1Cl. The highest BCUT2D eigenvalue weighted by molar-refractivity contribution is 6.34. The average Bonchev–Trinajstić information content (AvgIpc) is 2.78. The monoisotopic (exact) mass is 333 g/mol. The summed E-state index contributed by atoms with van der Waals surface area (Å²) in [5, 5.41) is 14.4. The first-order valence-electron chi connectivity index (χ1n) is 7.03. The molecule has 1 heterocycles. The van der Waals surface area contributed by atoms with Crippen LogP contribution in [0, 0.1) is 0 Å². The molecule has 118 valence electrons. The van der Waals surface area contributed by atoms with Gasteiger partial charge in [-0.2, -0.15) is 0 Å². The molecule has 1 aromatic carbocycles. The Morgan fingerprint density at radius 2 is 2.29 bits per heavy atom. The Kier molecular flexibility index (Phi) is 5.74. The van der Waals surface area contributed by atoms with Crippen LogP contribution >= 0.6 is 23.2 Å². The van der Waals surface area contributed by atoms with Crippen molar-refractivity contribution in [3.63, 3.8) is 0 Å². The summed E-state index contributed by atoms with van der Waals surface area (Å²) < 4.78 is 11.1. The van der Waals surface area contributed by atoms with Crippen molar-refractivity contribution in [2.45, 2.75) is 38.0 Å². The molecule has 21 heavy (non-hydrogen) atoms. The highest BCUT2D eigenvalue weighted by atomic mass is 35.5. The molecule has 3 atom stereocenters. The largest absolute Gasteiger partial charge is 0.489 e. The number of aliphatic hydroxyl groups excluding tert-OH is 1. The summed E-state index contributed by atoms with van der Waals surface area (Å²) in [5.41, 5.74) is -0.102. The van der Waals surface area contributed by atoms with Crippen LogP contribution in [0.15, 0.2) is 18.2 Å².